The number of hydrogen-bond acceptors (Lipinski definition) is 5. The highest BCUT2D eigenvalue weighted by Crippen LogP contribution is 2.31. The van der Waals surface area contributed by atoms with Crippen molar-refractivity contribution in [3.8, 4) is 11.5 Å². The molecule has 1 fully saturated rings. The second-order valence-corrected chi connectivity index (χ2v) is 7.40. The Hall–Kier alpha value is -2.05. The zero-order valence-electron chi connectivity index (χ0n) is 14.4. The topological polar surface area (TPSA) is 42.0 Å². The maximum Gasteiger partial charge on any atom is 0.264 e. The van der Waals surface area contributed by atoms with E-state index in [0.29, 0.717) is 13.2 Å². The summed E-state index contributed by atoms with van der Waals surface area (Å²) >= 11 is 1.54. The molecular weight excluding hydrogens is 336 g/mol. The predicted molar refractivity (Wildman–Crippen MR) is 97.7 cm³/mol. The number of rotatable bonds is 3. The standard InChI is InChI=1S/C19H22N2O3S/c1-14-4-11-25-18(14)19(22)21-7-5-20(6-8-21)13-15-2-3-16-17(12-15)24-10-9-23-16/h2-4,11-12H,5-10,13H2,1H3. The molecule has 1 amide bonds. The number of amides is 1. The van der Waals surface area contributed by atoms with Crippen molar-refractivity contribution in [3.05, 3.63) is 45.6 Å². The smallest absolute Gasteiger partial charge is 0.264 e. The summed E-state index contributed by atoms with van der Waals surface area (Å²) in [5, 5.41) is 1.99. The first kappa shape index (κ1) is 16.4. The number of benzene rings is 1. The van der Waals surface area contributed by atoms with Crippen LogP contribution in [0.3, 0.4) is 0 Å². The predicted octanol–water partition coefficient (Wildman–Crippen LogP) is 2.79. The number of fused-ring (bicyclic) bond motifs is 1. The minimum absolute atomic E-state index is 0.173. The van der Waals surface area contributed by atoms with Crippen LogP contribution < -0.4 is 9.47 Å². The zero-order chi connectivity index (χ0) is 17.2. The van der Waals surface area contributed by atoms with Crippen molar-refractivity contribution in [3.63, 3.8) is 0 Å². The van der Waals surface area contributed by atoms with Gasteiger partial charge in [0, 0.05) is 32.7 Å². The molecule has 0 N–H and O–H groups in total. The number of nitrogens with zero attached hydrogens (tertiary/aromatic N) is 2. The molecule has 2 aromatic rings. The molecule has 1 saturated heterocycles. The molecule has 2 aliphatic rings. The number of ether oxygens (including phenoxy) is 2. The van der Waals surface area contributed by atoms with Gasteiger partial charge in [0.05, 0.1) is 4.88 Å². The van der Waals surface area contributed by atoms with E-state index in [-0.39, 0.29) is 5.91 Å². The van der Waals surface area contributed by atoms with Gasteiger partial charge in [-0.1, -0.05) is 6.07 Å². The third-order valence-electron chi connectivity index (χ3n) is 4.73. The van der Waals surface area contributed by atoms with Crippen LogP contribution in [0, 0.1) is 6.92 Å². The molecule has 132 valence electrons. The number of thiophene rings is 1. The van der Waals surface area contributed by atoms with Gasteiger partial charge in [0.1, 0.15) is 13.2 Å². The van der Waals surface area contributed by atoms with Crippen molar-refractivity contribution in [2.75, 3.05) is 39.4 Å². The van der Waals surface area contributed by atoms with Crippen molar-refractivity contribution < 1.29 is 14.3 Å². The third-order valence-corrected chi connectivity index (χ3v) is 5.73. The summed E-state index contributed by atoms with van der Waals surface area (Å²) in [5.41, 5.74) is 2.30. The van der Waals surface area contributed by atoms with E-state index in [1.807, 2.05) is 29.3 Å². The Balaban J connectivity index is 1.35. The molecule has 0 bridgehead atoms. The van der Waals surface area contributed by atoms with Gasteiger partial charge >= 0.3 is 0 Å². The largest absolute Gasteiger partial charge is 0.486 e. The molecule has 2 aliphatic heterocycles. The maximum absolute atomic E-state index is 12.6. The minimum Gasteiger partial charge on any atom is -0.486 e. The molecule has 1 aromatic heterocycles. The Morgan fingerprint density at radius 1 is 1.08 bits per heavy atom. The molecule has 0 aliphatic carbocycles. The Bertz CT molecular complexity index is 766. The first-order valence-electron chi connectivity index (χ1n) is 8.65. The highest BCUT2D eigenvalue weighted by molar-refractivity contribution is 7.12. The van der Waals surface area contributed by atoms with E-state index < -0.39 is 0 Å². The van der Waals surface area contributed by atoms with Gasteiger partial charge in [-0.2, -0.15) is 0 Å². The lowest BCUT2D eigenvalue weighted by Gasteiger charge is -2.34. The van der Waals surface area contributed by atoms with Crippen molar-refractivity contribution in [1.82, 2.24) is 9.80 Å². The lowest BCUT2D eigenvalue weighted by Crippen LogP contribution is -2.48. The van der Waals surface area contributed by atoms with E-state index in [1.165, 1.54) is 16.9 Å². The maximum atomic E-state index is 12.6. The number of piperazine rings is 1. The van der Waals surface area contributed by atoms with Crippen molar-refractivity contribution >= 4 is 17.2 Å². The van der Waals surface area contributed by atoms with Gasteiger partial charge in [-0.3, -0.25) is 9.69 Å². The van der Waals surface area contributed by atoms with Crippen LogP contribution in [0.4, 0.5) is 0 Å². The highest BCUT2D eigenvalue weighted by Gasteiger charge is 2.24. The fraction of sp³-hybridized carbons (Fsp3) is 0.421. The minimum atomic E-state index is 0.173. The quantitative estimate of drug-likeness (QED) is 0.846. The number of carbonyl (C=O) groups is 1. The molecule has 1 aromatic carbocycles. The number of hydrogen-bond donors (Lipinski definition) is 0. The van der Waals surface area contributed by atoms with E-state index in [1.54, 1.807) is 0 Å². The Morgan fingerprint density at radius 3 is 2.56 bits per heavy atom. The van der Waals surface area contributed by atoms with Crippen LogP contribution in [0.1, 0.15) is 20.8 Å². The lowest BCUT2D eigenvalue weighted by atomic mass is 10.1. The van der Waals surface area contributed by atoms with Gasteiger partial charge < -0.3 is 14.4 Å². The summed E-state index contributed by atoms with van der Waals surface area (Å²) in [6.45, 7) is 7.45. The summed E-state index contributed by atoms with van der Waals surface area (Å²) < 4.78 is 11.2. The van der Waals surface area contributed by atoms with E-state index in [9.17, 15) is 4.79 Å². The van der Waals surface area contributed by atoms with E-state index >= 15 is 0 Å². The summed E-state index contributed by atoms with van der Waals surface area (Å²) in [6, 6.07) is 8.17. The van der Waals surface area contributed by atoms with Gasteiger partial charge in [0.2, 0.25) is 0 Å². The molecule has 0 saturated carbocycles. The van der Waals surface area contributed by atoms with Crippen molar-refractivity contribution in [2.24, 2.45) is 0 Å². The number of carbonyl (C=O) groups excluding carboxylic acids is 1. The second kappa shape index (κ2) is 7.06. The summed E-state index contributed by atoms with van der Waals surface area (Å²) in [6.07, 6.45) is 0. The molecule has 25 heavy (non-hydrogen) atoms. The van der Waals surface area contributed by atoms with Gasteiger partial charge in [-0.05, 0) is 41.6 Å². The molecular formula is C19H22N2O3S. The fourth-order valence-corrected chi connectivity index (χ4v) is 4.18. The fourth-order valence-electron chi connectivity index (χ4n) is 3.29. The van der Waals surface area contributed by atoms with Gasteiger partial charge in [-0.25, -0.2) is 0 Å². The highest BCUT2D eigenvalue weighted by atomic mass is 32.1. The average Bonchev–Trinajstić information content (AvgIpc) is 3.08. The molecule has 0 atom stereocenters. The van der Waals surface area contributed by atoms with Gasteiger partial charge in [0.15, 0.2) is 11.5 Å². The lowest BCUT2D eigenvalue weighted by molar-refractivity contribution is 0.0632. The molecule has 5 nitrogen and oxygen atoms in total. The summed E-state index contributed by atoms with van der Waals surface area (Å²) in [4.78, 5) is 17.8. The van der Waals surface area contributed by atoms with Crippen LogP contribution in [0.25, 0.3) is 0 Å². The summed E-state index contributed by atoms with van der Waals surface area (Å²) in [7, 11) is 0. The molecule has 6 heteroatoms. The van der Waals surface area contributed by atoms with Crippen LogP contribution in [0.2, 0.25) is 0 Å². The first-order chi connectivity index (χ1) is 12.2. The average molecular weight is 358 g/mol. The molecule has 4 rings (SSSR count). The van der Waals surface area contributed by atoms with Crippen LogP contribution in [-0.2, 0) is 6.54 Å². The van der Waals surface area contributed by atoms with Gasteiger partial charge in [0.25, 0.3) is 5.91 Å². The molecule has 0 radical (unpaired) electrons. The number of aryl methyl sites for hydroxylation is 1. The Morgan fingerprint density at radius 2 is 1.84 bits per heavy atom. The molecule has 3 heterocycles. The normalized spacial score (nSPS) is 17.6. The molecule has 0 spiro atoms. The molecule has 0 unspecified atom stereocenters. The van der Waals surface area contributed by atoms with Crippen molar-refractivity contribution in [2.45, 2.75) is 13.5 Å². The van der Waals surface area contributed by atoms with E-state index in [4.69, 9.17) is 9.47 Å². The van der Waals surface area contributed by atoms with Crippen LogP contribution >= 0.6 is 11.3 Å². The van der Waals surface area contributed by atoms with E-state index in [2.05, 4.69) is 17.0 Å². The third kappa shape index (κ3) is 3.50. The van der Waals surface area contributed by atoms with Crippen molar-refractivity contribution in [1.29, 1.82) is 0 Å². The zero-order valence-corrected chi connectivity index (χ0v) is 15.2. The summed E-state index contributed by atoms with van der Waals surface area (Å²) in [5.74, 6) is 1.84. The first-order valence-corrected chi connectivity index (χ1v) is 9.53. The Kier molecular flexibility index (Phi) is 4.63. The SMILES string of the molecule is Cc1ccsc1C(=O)N1CCN(Cc2ccc3c(c2)OCCO3)CC1. The van der Waals surface area contributed by atoms with E-state index in [0.717, 1.165) is 54.7 Å². The second-order valence-electron chi connectivity index (χ2n) is 6.48. The van der Waals surface area contributed by atoms with Crippen LogP contribution in [0.5, 0.6) is 11.5 Å². The van der Waals surface area contributed by atoms with Crippen LogP contribution in [0.15, 0.2) is 29.6 Å². The van der Waals surface area contributed by atoms with Crippen LogP contribution in [-0.4, -0.2) is 55.1 Å². The monoisotopic (exact) mass is 358 g/mol. The Labute approximate surface area is 151 Å². The van der Waals surface area contributed by atoms with Gasteiger partial charge in [-0.15, -0.1) is 11.3 Å².